The number of hydrogen-bond acceptors (Lipinski definition) is 1. The normalized spacial score (nSPS) is 17.0. The molecular weight excluding hydrogens is 496 g/mol. The van der Waals surface area contributed by atoms with Gasteiger partial charge < -0.3 is 4.42 Å². The molecule has 9 aromatic rings. The van der Waals surface area contributed by atoms with Crippen LogP contribution >= 0.6 is 0 Å². The second-order valence-corrected chi connectivity index (χ2v) is 9.71. The summed E-state index contributed by atoms with van der Waals surface area (Å²) in [7, 11) is 0. The van der Waals surface area contributed by atoms with E-state index in [2.05, 4.69) is 0 Å². The van der Waals surface area contributed by atoms with E-state index in [1.807, 2.05) is 0 Å². The maximum atomic E-state index is 9.25. The second kappa shape index (κ2) is 8.55. The summed E-state index contributed by atoms with van der Waals surface area (Å²) in [6.45, 7) is 0. The summed E-state index contributed by atoms with van der Waals surface area (Å²) in [6, 6.07) is 8.60. The molecule has 0 N–H and O–H groups in total. The van der Waals surface area contributed by atoms with Crippen molar-refractivity contribution >= 4 is 65.0 Å². The van der Waals surface area contributed by atoms with Crippen molar-refractivity contribution in [3.05, 3.63) is 145 Å². The minimum atomic E-state index is -0.575. The van der Waals surface area contributed by atoms with E-state index in [9.17, 15) is 1.37 Å². The number of furan rings is 1. The van der Waals surface area contributed by atoms with Crippen LogP contribution in [0, 0.1) is 0 Å². The number of benzene rings is 8. The third-order valence-electron chi connectivity index (χ3n) is 7.64. The Labute approximate surface area is 258 Å². The van der Waals surface area contributed by atoms with Gasteiger partial charge in [0, 0.05) is 10.8 Å². The first-order valence-electron chi connectivity index (χ1n) is 20.4. The average molecular weight is 536 g/mol. The molecule has 1 aromatic heterocycles. The van der Waals surface area contributed by atoms with Crippen molar-refractivity contribution in [2.75, 3.05) is 0 Å². The summed E-state index contributed by atoms with van der Waals surface area (Å²) in [4.78, 5) is 0. The second-order valence-electron chi connectivity index (χ2n) is 9.71. The Balaban J connectivity index is 1.56. The van der Waals surface area contributed by atoms with Gasteiger partial charge in [-0.1, -0.05) is 133 Å². The molecule has 0 aliphatic rings. The smallest absolute Gasteiger partial charge is 0.136 e. The van der Waals surface area contributed by atoms with Gasteiger partial charge in [-0.15, -0.1) is 0 Å². The Kier molecular flexibility index (Phi) is 2.59. The first kappa shape index (κ1) is 12.4. The molecule has 8 aromatic carbocycles. The van der Waals surface area contributed by atoms with Gasteiger partial charge >= 0.3 is 0 Å². The van der Waals surface area contributed by atoms with Gasteiger partial charge in [-0.3, -0.25) is 0 Å². The highest BCUT2D eigenvalue weighted by molar-refractivity contribution is 6.30. The van der Waals surface area contributed by atoms with E-state index in [0.29, 0.717) is 49.2 Å². The molecule has 1 heteroatoms. The maximum absolute atomic E-state index is 9.25. The first-order valence-corrected chi connectivity index (χ1v) is 12.9. The summed E-state index contributed by atoms with van der Waals surface area (Å²) < 4.78 is 136. The van der Waals surface area contributed by atoms with Crippen LogP contribution in [0.1, 0.15) is 20.6 Å². The van der Waals surface area contributed by atoms with Crippen LogP contribution in [0.2, 0.25) is 0 Å². The Morgan fingerprint density at radius 3 is 1.83 bits per heavy atom. The van der Waals surface area contributed by atoms with E-state index in [0.717, 1.165) is 0 Å². The lowest BCUT2D eigenvalue weighted by Crippen LogP contribution is -1.91. The molecule has 0 atom stereocenters. The highest BCUT2D eigenvalue weighted by Crippen LogP contribution is 2.48. The zero-order valence-corrected chi connectivity index (χ0v) is 21.1. The molecule has 1 nitrogen and oxygen atoms in total. The predicted molar refractivity (Wildman–Crippen MR) is 175 cm³/mol. The summed E-state index contributed by atoms with van der Waals surface area (Å²) in [5.74, 6) is 0. The Morgan fingerprint density at radius 2 is 1.07 bits per heavy atom. The maximum Gasteiger partial charge on any atom is 0.136 e. The summed E-state index contributed by atoms with van der Waals surface area (Å²) in [5, 5.41) is 2.12. The molecule has 0 unspecified atom stereocenters. The third-order valence-corrected chi connectivity index (χ3v) is 7.64. The van der Waals surface area contributed by atoms with E-state index in [1.54, 1.807) is 12.1 Å². The van der Waals surface area contributed by atoms with Crippen LogP contribution in [-0.2, 0) is 0 Å². The molecule has 0 spiro atoms. The predicted octanol–water partition coefficient (Wildman–Crippen LogP) is 11.5. The van der Waals surface area contributed by atoms with Crippen LogP contribution in [0.15, 0.2) is 150 Å². The number of hydrogen-bond donors (Lipinski definition) is 0. The van der Waals surface area contributed by atoms with Crippen LogP contribution in [-0.4, -0.2) is 0 Å². The van der Waals surface area contributed by atoms with Crippen molar-refractivity contribution in [3.8, 4) is 22.3 Å². The van der Waals surface area contributed by atoms with Gasteiger partial charge in [-0.2, -0.15) is 0 Å². The van der Waals surface area contributed by atoms with E-state index in [4.69, 9.17) is 23.6 Å². The minimum Gasteiger partial charge on any atom is -0.456 e. The highest BCUT2D eigenvalue weighted by Gasteiger charge is 2.21. The lowest BCUT2D eigenvalue weighted by molar-refractivity contribution is 0.669. The topological polar surface area (TPSA) is 13.1 Å². The van der Waals surface area contributed by atoms with Gasteiger partial charge in [-0.25, -0.2) is 0 Å². The molecule has 0 amide bonds. The summed E-state index contributed by atoms with van der Waals surface area (Å²) in [5.41, 5.74) is 1.45. The highest BCUT2D eigenvalue weighted by atomic mass is 16.3. The number of rotatable bonds is 2. The minimum absolute atomic E-state index is 0.0648. The largest absolute Gasteiger partial charge is 0.456 e. The molecule has 9 rings (SSSR count). The van der Waals surface area contributed by atoms with Crippen molar-refractivity contribution in [3.63, 3.8) is 0 Å². The summed E-state index contributed by atoms with van der Waals surface area (Å²) >= 11 is 0. The zero-order valence-electron chi connectivity index (χ0n) is 36.1. The fourth-order valence-corrected chi connectivity index (χ4v) is 6.01. The van der Waals surface area contributed by atoms with E-state index < -0.39 is 36.3 Å². The summed E-state index contributed by atoms with van der Waals surface area (Å²) in [6.07, 6.45) is 0. The molecule has 41 heavy (non-hydrogen) atoms. The molecule has 0 radical (unpaired) electrons. The Hall–Kier alpha value is -5.40. The molecule has 0 saturated carbocycles. The SMILES string of the molecule is [2H]c1cc2c(-c3cc([2H])c([2H])c([2H])c3)c3cc([2H])c([2H])cc3c(-c3cc4oc5c([2H])c([2H])c6c([2H])c([2H])c([2H])c([2H])c6c5c4c4c([2H])c([2H])ccc34)c2cc1[2H]. The fraction of sp³-hybridized carbons (Fsp3) is 0. The van der Waals surface area contributed by atoms with Crippen molar-refractivity contribution in [1.82, 2.24) is 0 Å². The quantitative estimate of drug-likeness (QED) is 0.201. The molecule has 0 aliphatic carbocycles. The van der Waals surface area contributed by atoms with Crippen LogP contribution in [0.5, 0.6) is 0 Å². The Bertz CT molecular complexity index is 3220. The van der Waals surface area contributed by atoms with Crippen molar-refractivity contribution in [1.29, 1.82) is 0 Å². The molecule has 1 heterocycles. The molecule has 190 valence electrons. The van der Waals surface area contributed by atoms with Gasteiger partial charge in [0.05, 0.1) is 20.6 Å². The third kappa shape index (κ3) is 3.18. The van der Waals surface area contributed by atoms with E-state index in [1.165, 1.54) is 42.5 Å². The van der Waals surface area contributed by atoms with Gasteiger partial charge in [0.1, 0.15) is 11.2 Å². The van der Waals surface area contributed by atoms with Gasteiger partial charge in [0.15, 0.2) is 0 Å². The van der Waals surface area contributed by atoms with Crippen molar-refractivity contribution in [2.24, 2.45) is 0 Å². The van der Waals surface area contributed by atoms with E-state index in [-0.39, 0.29) is 92.5 Å². The van der Waals surface area contributed by atoms with Crippen LogP contribution in [0.4, 0.5) is 0 Å². The molecule has 0 aliphatic heterocycles. The molecule has 0 bridgehead atoms. The van der Waals surface area contributed by atoms with Crippen molar-refractivity contribution < 1.29 is 25.0 Å². The standard InChI is InChI=1S/C40H24O/c1-2-13-26(14-3-1)37-30-18-8-10-20-32(30)38(33-21-11-9-19-31(33)37)34-24-36-40(29-17-7-6-16-28(29)34)39-27-15-5-4-12-25(27)22-23-35(39)41-36/h1-24H/i1D,2D,3D,4D,5D,7D,8D,9D,10D,11D,12D,15D,17D,22D,23D. The molecule has 0 fully saturated rings. The first-order chi connectivity index (χ1) is 26.5. The number of fused-ring (bicyclic) bond motifs is 9. The fourth-order valence-electron chi connectivity index (χ4n) is 6.01. The van der Waals surface area contributed by atoms with Crippen LogP contribution in [0.3, 0.4) is 0 Å². The van der Waals surface area contributed by atoms with E-state index >= 15 is 0 Å². The average Bonchev–Trinajstić information content (AvgIpc) is 3.54. The van der Waals surface area contributed by atoms with Gasteiger partial charge in [-0.05, 0) is 77.5 Å². The lowest BCUT2D eigenvalue weighted by atomic mass is 9.84. The lowest BCUT2D eigenvalue weighted by Gasteiger charge is -2.19. The monoisotopic (exact) mass is 535 g/mol. The van der Waals surface area contributed by atoms with Crippen LogP contribution in [0.25, 0.3) is 87.3 Å². The zero-order chi connectivity index (χ0) is 40.0. The van der Waals surface area contributed by atoms with Gasteiger partial charge in [0.25, 0.3) is 0 Å². The molecular formula is C40H24O. The van der Waals surface area contributed by atoms with Crippen molar-refractivity contribution in [2.45, 2.75) is 0 Å². The van der Waals surface area contributed by atoms with Gasteiger partial charge in [0.2, 0.25) is 0 Å². The van der Waals surface area contributed by atoms with Crippen LogP contribution < -0.4 is 0 Å². The Morgan fingerprint density at radius 1 is 0.439 bits per heavy atom. The molecule has 0 saturated heterocycles.